The van der Waals surface area contributed by atoms with Crippen LogP contribution in [-0.2, 0) is 4.74 Å². The summed E-state index contributed by atoms with van der Waals surface area (Å²) in [6, 6.07) is 0.765. The van der Waals surface area contributed by atoms with Crippen LogP contribution in [0.1, 0.15) is 27.2 Å². The molecule has 2 rings (SSSR count). The largest absolute Gasteiger partial charge is 0.371 e. The molecule has 2 aliphatic heterocycles. The molecule has 0 aliphatic carbocycles. The number of nitrogens with one attached hydrogen (secondary N) is 1. The molecule has 1 N–H and O–H groups in total. The Bertz CT molecular complexity index is 251. The van der Waals surface area contributed by atoms with Gasteiger partial charge in [-0.2, -0.15) is 0 Å². The zero-order valence-corrected chi connectivity index (χ0v) is 12.2. The van der Waals surface area contributed by atoms with Crippen LogP contribution in [0.4, 0.5) is 0 Å². The van der Waals surface area contributed by atoms with E-state index in [0.29, 0.717) is 0 Å². The van der Waals surface area contributed by atoms with E-state index in [-0.39, 0.29) is 5.60 Å². The van der Waals surface area contributed by atoms with Gasteiger partial charge in [-0.15, -0.1) is 0 Å². The van der Waals surface area contributed by atoms with Crippen molar-refractivity contribution in [1.29, 1.82) is 0 Å². The van der Waals surface area contributed by atoms with E-state index >= 15 is 0 Å². The molecule has 0 aromatic carbocycles. The zero-order valence-electron chi connectivity index (χ0n) is 12.2. The van der Waals surface area contributed by atoms with Gasteiger partial charge in [-0.3, -0.25) is 9.80 Å². The van der Waals surface area contributed by atoms with Crippen LogP contribution in [0.3, 0.4) is 0 Å². The molecule has 4 nitrogen and oxygen atoms in total. The average Bonchev–Trinajstić information content (AvgIpc) is 2.77. The lowest BCUT2D eigenvalue weighted by Crippen LogP contribution is -2.59. The van der Waals surface area contributed by atoms with E-state index in [4.69, 9.17) is 4.74 Å². The highest BCUT2D eigenvalue weighted by Gasteiger charge is 2.33. The fraction of sp³-hybridized carbons (Fsp3) is 1.00. The molecular formula is C14H29N3O. The lowest BCUT2D eigenvalue weighted by molar-refractivity contribution is -0.0712. The Morgan fingerprint density at radius 3 is 2.61 bits per heavy atom. The van der Waals surface area contributed by atoms with Gasteiger partial charge in [0.05, 0.1) is 12.2 Å². The molecule has 106 valence electrons. The molecule has 0 aromatic rings. The standard InChI is InChI=1S/C14H29N3O/c1-4-17(5-2)13-6-7-16(10-13)8-9-18-14(3)11-15-12-14/h13,15H,4-12H2,1-3H3. The van der Waals surface area contributed by atoms with Gasteiger partial charge in [0.2, 0.25) is 0 Å². The number of hydrogen-bond acceptors (Lipinski definition) is 4. The second-order valence-electron chi connectivity index (χ2n) is 5.87. The Hall–Kier alpha value is -0.160. The first-order chi connectivity index (χ1) is 8.67. The van der Waals surface area contributed by atoms with E-state index in [2.05, 4.69) is 35.9 Å². The maximum absolute atomic E-state index is 5.96. The molecule has 2 aliphatic rings. The maximum Gasteiger partial charge on any atom is 0.0902 e. The number of likely N-dealkylation sites (tertiary alicyclic amines) is 1. The van der Waals surface area contributed by atoms with E-state index in [9.17, 15) is 0 Å². The highest BCUT2D eigenvalue weighted by molar-refractivity contribution is 4.90. The van der Waals surface area contributed by atoms with Gasteiger partial charge >= 0.3 is 0 Å². The first kappa shape index (κ1) is 14.3. The summed E-state index contributed by atoms with van der Waals surface area (Å²) >= 11 is 0. The van der Waals surface area contributed by atoms with Gasteiger partial charge in [0.25, 0.3) is 0 Å². The molecular weight excluding hydrogens is 226 g/mol. The fourth-order valence-electron chi connectivity index (χ4n) is 3.05. The van der Waals surface area contributed by atoms with E-state index in [1.54, 1.807) is 0 Å². The van der Waals surface area contributed by atoms with Crippen LogP contribution in [0, 0.1) is 0 Å². The van der Waals surface area contributed by atoms with Gasteiger partial charge in [0, 0.05) is 32.2 Å². The lowest BCUT2D eigenvalue weighted by atomic mass is 10.0. The molecule has 0 aromatic heterocycles. The van der Waals surface area contributed by atoms with E-state index < -0.39 is 0 Å². The first-order valence-corrected chi connectivity index (χ1v) is 7.48. The lowest BCUT2D eigenvalue weighted by Gasteiger charge is -2.39. The molecule has 4 heteroatoms. The number of hydrogen-bond donors (Lipinski definition) is 1. The van der Waals surface area contributed by atoms with Crippen LogP contribution >= 0.6 is 0 Å². The SMILES string of the molecule is CCN(CC)C1CCN(CCOC2(C)CNC2)C1. The molecule has 0 saturated carbocycles. The van der Waals surface area contributed by atoms with Crippen molar-refractivity contribution in [3.8, 4) is 0 Å². The molecule has 2 saturated heterocycles. The molecule has 0 radical (unpaired) electrons. The van der Waals surface area contributed by atoms with Gasteiger partial charge in [-0.05, 0) is 33.0 Å². The Balaban J connectivity index is 1.63. The summed E-state index contributed by atoms with van der Waals surface area (Å²) < 4.78 is 5.96. The summed E-state index contributed by atoms with van der Waals surface area (Å²) in [5.41, 5.74) is 0.109. The molecule has 1 atom stereocenters. The topological polar surface area (TPSA) is 27.7 Å². The normalized spacial score (nSPS) is 27.7. The van der Waals surface area contributed by atoms with Crippen molar-refractivity contribution in [1.82, 2.24) is 15.1 Å². The van der Waals surface area contributed by atoms with Gasteiger partial charge in [-0.25, -0.2) is 0 Å². The minimum atomic E-state index is 0.109. The quantitative estimate of drug-likeness (QED) is 0.728. The molecule has 2 fully saturated rings. The van der Waals surface area contributed by atoms with E-state index in [1.165, 1.54) is 32.6 Å². The van der Waals surface area contributed by atoms with Crippen LogP contribution < -0.4 is 5.32 Å². The Morgan fingerprint density at radius 1 is 1.33 bits per heavy atom. The van der Waals surface area contributed by atoms with Gasteiger partial charge in [0.15, 0.2) is 0 Å². The third-order valence-electron chi connectivity index (χ3n) is 4.43. The minimum Gasteiger partial charge on any atom is -0.371 e. The monoisotopic (exact) mass is 255 g/mol. The maximum atomic E-state index is 5.96. The van der Waals surface area contributed by atoms with Crippen molar-refractivity contribution in [3.63, 3.8) is 0 Å². The highest BCUT2D eigenvalue weighted by Crippen LogP contribution is 2.17. The minimum absolute atomic E-state index is 0.109. The van der Waals surface area contributed by atoms with Crippen molar-refractivity contribution < 1.29 is 4.74 Å². The zero-order chi connectivity index (χ0) is 13.0. The molecule has 2 heterocycles. The summed E-state index contributed by atoms with van der Waals surface area (Å²) in [6.07, 6.45) is 1.32. The second kappa shape index (κ2) is 6.33. The Kier molecular flexibility index (Phi) is 5.01. The van der Waals surface area contributed by atoms with Crippen LogP contribution in [-0.4, -0.2) is 73.9 Å². The van der Waals surface area contributed by atoms with Crippen molar-refractivity contribution in [2.75, 3.05) is 52.4 Å². The highest BCUT2D eigenvalue weighted by atomic mass is 16.5. The molecule has 0 bridgehead atoms. The van der Waals surface area contributed by atoms with Gasteiger partial charge < -0.3 is 10.1 Å². The van der Waals surface area contributed by atoms with E-state index in [1.807, 2.05) is 0 Å². The van der Waals surface area contributed by atoms with E-state index in [0.717, 1.165) is 32.3 Å². The van der Waals surface area contributed by atoms with Crippen molar-refractivity contribution in [3.05, 3.63) is 0 Å². The predicted molar refractivity (Wildman–Crippen MR) is 75.0 cm³/mol. The van der Waals surface area contributed by atoms with Gasteiger partial charge in [0.1, 0.15) is 0 Å². The third-order valence-corrected chi connectivity index (χ3v) is 4.43. The fourth-order valence-corrected chi connectivity index (χ4v) is 3.05. The predicted octanol–water partition coefficient (Wildman–Crippen LogP) is 0.781. The molecule has 1 unspecified atom stereocenters. The van der Waals surface area contributed by atoms with Crippen LogP contribution in [0.15, 0.2) is 0 Å². The third kappa shape index (κ3) is 3.44. The Labute approximate surface area is 112 Å². The summed E-state index contributed by atoms with van der Waals surface area (Å²) in [4.78, 5) is 5.14. The van der Waals surface area contributed by atoms with Crippen molar-refractivity contribution in [2.24, 2.45) is 0 Å². The van der Waals surface area contributed by atoms with Crippen LogP contribution in [0.5, 0.6) is 0 Å². The van der Waals surface area contributed by atoms with Crippen LogP contribution in [0.25, 0.3) is 0 Å². The van der Waals surface area contributed by atoms with Crippen LogP contribution in [0.2, 0.25) is 0 Å². The average molecular weight is 255 g/mol. The molecule has 18 heavy (non-hydrogen) atoms. The summed E-state index contributed by atoms with van der Waals surface area (Å²) in [6.45, 7) is 15.5. The second-order valence-corrected chi connectivity index (χ2v) is 5.87. The number of ether oxygens (including phenoxy) is 1. The number of nitrogens with zero attached hydrogens (tertiary/aromatic N) is 2. The van der Waals surface area contributed by atoms with Crippen molar-refractivity contribution in [2.45, 2.75) is 38.8 Å². The first-order valence-electron chi connectivity index (χ1n) is 7.48. The Morgan fingerprint density at radius 2 is 2.06 bits per heavy atom. The number of likely N-dealkylation sites (N-methyl/N-ethyl adjacent to an activating group) is 1. The molecule has 0 amide bonds. The summed E-state index contributed by atoms with van der Waals surface area (Å²) in [5, 5.41) is 3.27. The number of rotatable bonds is 7. The van der Waals surface area contributed by atoms with Gasteiger partial charge in [-0.1, -0.05) is 13.8 Å². The summed E-state index contributed by atoms with van der Waals surface area (Å²) in [7, 11) is 0. The smallest absolute Gasteiger partial charge is 0.0902 e. The summed E-state index contributed by atoms with van der Waals surface area (Å²) in [5.74, 6) is 0. The van der Waals surface area contributed by atoms with Crippen molar-refractivity contribution >= 4 is 0 Å². The molecule has 0 spiro atoms.